The molecule has 2 N–H and O–H groups in total. The van der Waals surface area contributed by atoms with E-state index in [1.165, 1.54) is 12.1 Å². The highest BCUT2D eigenvalue weighted by atomic mass is 35.5. The maximum Gasteiger partial charge on any atom is 0.306 e. The molecule has 0 bridgehead atoms. The maximum absolute atomic E-state index is 12.8. The van der Waals surface area contributed by atoms with E-state index in [9.17, 15) is 14.0 Å². The summed E-state index contributed by atoms with van der Waals surface area (Å²) in [7, 11) is 0. The second-order valence-corrected chi connectivity index (χ2v) is 5.09. The molecule has 1 aromatic rings. The predicted molar refractivity (Wildman–Crippen MR) is 67.4 cm³/mol. The Bertz CT molecular complexity index is 515. The Morgan fingerprint density at radius 3 is 2.68 bits per heavy atom. The summed E-state index contributed by atoms with van der Waals surface area (Å²) in [4.78, 5) is 22.3. The third-order valence-electron chi connectivity index (χ3n) is 3.22. The predicted octanol–water partition coefficient (Wildman–Crippen LogP) is 2.00. The molecule has 1 aliphatic carbocycles. The highest BCUT2D eigenvalue weighted by molar-refractivity contribution is 6.31. The first-order valence-electron chi connectivity index (χ1n) is 5.92. The Balaban J connectivity index is 1.84. The number of aliphatic carboxylic acids is 1. The first-order chi connectivity index (χ1) is 8.95. The lowest BCUT2D eigenvalue weighted by Crippen LogP contribution is -2.47. The first-order valence-corrected chi connectivity index (χ1v) is 6.29. The summed E-state index contributed by atoms with van der Waals surface area (Å²) in [5.41, 5.74) is 0.551. The topological polar surface area (TPSA) is 66.4 Å². The van der Waals surface area contributed by atoms with Crippen LogP contribution in [0.1, 0.15) is 18.4 Å². The summed E-state index contributed by atoms with van der Waals surface area (Å²) in [5, 5.41) is 11.7. The van der Waals surface area contributed by atoms with Crippen LogP contribution in [0.25, 0.3) is 0 Å². The van der Waals surface area contributed by atoms with E-state index in [-0.39, 0.29) is 29.3 Å². The van der Waals surface area contributed by atoms with Crippen LogP contribution in [0.2, 0.25) is 5.02 Å². The van der Waals surface area contributed by atoms with Gasteiger partial charge < -0.3 is 10.4 Å². The second kappa shape index (κ2) is 5.57. The molecule has 1 aliphatic rings. The summed E-state index contributed by atoms with van der Waals surface area (Å²) < 4.78 is 12.8. The minimum atomic E-state index is -0.827. The molecule has 2 rings (SSSR count). The van der Waals surface area contributed by atoms with Crippen molar-refractivity contribution in [2.24, 2.45) is 5.92 Å². The van der Waals surface area contributed by atoms with Crippen molar-refractivity contribution >= 4 is 23.5 Å². The zero-order valence-electron chi connectivity index (χ0n) is 10.0. The average molecular weight is 286 g/mol. The van der Waals surface area contributed by atoms with Gasteiger partial charge in [0.1, 0.15) is 5.82 Å². The molecule has 1 saturated carbocycles. The van der Waals surface area contributed by atoms with Crippen LogP contribution in [0.15, 0.2) is 18.2 Å². The van der Waals surface area contributed by atoms with Gasteiger partial charge >= 0.3 is 5.97 Å². The van der Waals surface area contributed by atoms with Gasteiger partial charge in [-0.3, -0.25) is 9.59 Å². The Labute approximate surface area is 114 Å². The molecular weight excluding hydrogens is 273 g/mol. The molecule has 4 nitrogen and oxygen atoms in total. The van der Waals surface area contributed by atoms with Gasteiger partial charge in [0.05, 0.1) is 12.3 Å². The fraction of sp³-hybridized carbons (Fsp3) is 0.385. The van der Waals surface area contributed by atoms with Crippen LogP contribution in [-0.2, 0) is 16.0 Å². The van der Waals surface area contributed by atoms with Crippen LogP contribution >= 0.6 is 11.6 Å². The van der Waals surface area contributed by atoms with Crippen molar-refractivity contribution in [3.05, 3.63) is 34.6 Å². The number of hydrogen-bond acceptors (Lipinski definition) is 2. The number of halogens is 2. The number of carbonyl (C=O) groups excluding carboxylic acids is 1. The van der Waals surface area contributed by atoms with Crippen molar-refractivity contribution in [2.75, 3.05) is 0 Å². The Hall–Kier alpha value is -1.62. The Morgan fingerprint density at radius 2 is 2.11 bits per heavy atom. The molecule has 0 aromatic heterocycles. The van der Waals surface area contributed by atoms with Crippen LogP contribution in [0, 0.1) is 11.7 Å². The van der Waals surface area contributed by atoms with Crippen LogP contribution in [0.3, 0.4) is 0 Å². The normalized spacial score (nSPS) is 21.6. The van der Waals surface area contributed by atoms with Crippen LogP contribution in [0.4, 0.5) is 4.39 Å². The third kappa shape index (κ3) is 3.44. The molecule has 6 heteroatoms. The standard InChI is InChI=1S/C13H13ClFNO3/c14-11-6-9(15)2-1-7(11)5-12(17)16-10-3-8(4-10)13(18)19/h1-2,6,8,10H,3-5H2,(H,16,17)(H,18,19). The molecule has 0 aliphatic heterocycles. The summed E-state index contributed by atoms with van der Waals surface area (Å²) >= 11 is 5.83. The van der Waals surface area contributed by atoms with Gasteiger partial charge in [-0.2, -0.15) is 0 Å². The van der Waals surface area contributed by atoms with Crippen LogP contribution in [0.5, 0.6) is 0 Å². The SMILES string of the molecule is O=C(Cc1ccc(F)cc1Cl)NC1CC(C(=O)O)C1. The Kier molecular flexibility index (Phi) is 4.04. The van der Waals surface area contributed by atoms with Gasteiger partial charge in [-0.05, 0) is 30.5 Å². The molecule has 1 aromatic carbocycles. The maximum atomic E-state index is 12.8. The van der Waals surface area contributed by atoms with Crippen molar-refractivity contribution < 1.29 is 19.1 Å². The van der Waals surface area contributed by atoms with Gasteiger partial charge in [-0.25, -0.2) is 4.39 Å². The van der Waals surface area contributed by atoms with Crippen molar-refractivity contribution in [3.8, 4) is 0 Å². The van der Waals surface area contributed by atoms with Gasteiger partial charge in [0.15, 0.2) is 0 Å². The largest absolute Gasteiger partial charge is 0.481 e. The molecule has 0 spiro atoms. The van der Waals surface area contributed by atoms with Crippen LogP contribution in [-0.4, -0.2) is 23.0 Å². The lowest BCUT2D eigenvalue weighted by Gasteiger charge is -2.32. The van der Waals surface area contributed by atoms with Gasteiger partial charge in [-0.1, -0.05) is 17.7 Å². The Morgan fingerprint density at radius 1 is 1.42 bits per heavy atom. The van der Waals surface area contributed by atoms with E-state index < -0.39 is 11.8 Å². The summed E-state index contributed by atoms with van der Waals surface area (Å²) in [6.07, 6.45) is 0.976. The van der Waals surface area contributed by atoms with Crippen molar-refractivity contribution in [2.45, 2.75) is 25.3 Å². The van der Waals surface area contributed by atoms with Gasteiger partial charge in [0.2, 0.25) is 5.91 Å². The molecule has 102 valence electrons. The number of amides is 1. The van der Waals surface area contributed by atoms with E-state index in [0.29, 0.717) is 18.4 Å². The monoisotopic (exact) mass is 285 g/mol. The van der Waals surface area contributed by atoms with E-state index in [0.717, 1.165) is 6.07 Å². The van der Waals surface area contributed by atoms with E-state index >= 15 is 0 Å². The molecule has 0 radical (unpaired) electrons. The van der Waals surface area contributed by atoms with Gasteiger partial charge in [0, 0.05) is 11.1 Å². The van der Waals surface area contributed by atoms with Crippen molar-refractivity contribution in [1.29, 1.82) is 0 Å². The molecule has 19 heavy (non-hydrogen) atoms. The van der Waals surface area contributed by atoms with Crippen molar-refractivity contribution in [3.63, 3.8) is 0 Å². The van der Waals surface area contributed by atoms with Crippen molar-refractivity contribution in [1.82, 2.24) is 5.32 Å². The van der Waals surface area contributed by atoms with Gasteiger partial charge in [-0.15, -0.1) is 0 Å². The summed E-state index contributed by atoms with van der Waals surface area (Å²) in [5.74, 6) is -1.87. The minimum Gasteiger partial charge on any atom is -0.481 e. The zero-order chi connectivity index (χ0) is 14.0. The smallest absolute Gasteiger partial charge is 0.306 e. The highest BCUT2D eigenvalue weighted by Gasteiger charge is 2.35. The van der Waals surface area contributed by atoms with Crippen LogP contribution < -0.4 is 5.32 Å². The lowest BCUT2D eigenvalue weighted by molar-refractivity contribution is -0.146. The fourth-order valence-electron chi connectivity index (χ4n) is 2.05. The molecule has 1 amide bonds. The highest BCUT2D eigenvalue weighted by Crippen LogP contribution is 2.27. The molecule has 0 saturated heterocycles. The number of hydrogen-bond donors (Lipinski definition) is 2. The number of carboxylic acids is 1. The number of nitrogens with one attached hydrogen (secondary N) is 1. The number of carboxylic acid groups (broad SMARTS) is 1. The van der Waals surface area contributed by atoms with E-state index in [4.69, 9.17) is 16.7 Å². The average Bonchev–Trinajstić information content (AvgIpc) is 2.26. The zero-order valence-corrected chi connectivity index (χ0v) is 10.8. The van der Waals surface area contributed by atoms with E-state index in [1.807, 2.05) is 0 Å². The summed E-state index contributed by atoms with van der Waals surface area (Å²) in [6, 6.07) is 3.79. The number of benzene rings is 1. The summed E-state index contributed by atoms with van der Waals surface area (Å²) in [6.45, 7) is 0. The molecule has 0 heterocycles. The van der Waals surface area contributed by atoms with E-state index in [2.05, 4.69) is 5.32 Å². The second-order valence-electron chi connectivity index (χ2n) is 4.68. The quantitative estimate of drug-likeness (QED) is 0.889. The van der Waals surface area contributed by atoms with E-state index in [1.54, 1.807) is 0 Å². The first kappa shape index (κ1) is 13.8. The number of rotatable bonds is 4. The molecule has 1 fully saturated rings. The number of carbonyl (C=O) groups is 2. The molecule has 0 atom stereocenters. The third-order valence-corrected chi connectivity index (χ3v) is 3.57. The molecular formula is C13H13ClFNO3. The van der Waals surface area contributed by atoms with Gasteiger partial charge in [0.25, 0.3) is 0 Å². The fourth-order valence-corrected chi connectivity index (χ4v) is 2.29. The molecule has 0 unspecified atom stereocenters. The minimum absolute atomic E-state index is 0.0628. The lowest BCUT2D eigenvalue weighted by atomic mass is 9.80.